The molecule has 2 rings (SSSR count). The van der Waals surface area contributed by atoms with E-state index in [1.807, 2.05) is 18.2 Å². The van der Waals surface area contributed by atoms with Gasteiger partial charge in [0.25, 0.3) is 0 Å². The molecule has 3 nitrogen and oxygen atoms in total. The SMILES string of the molecule is COCC(CN)(Nc1ccc(Br)c(Cl)c1)C1CC1. The normalized spacial score (nSPS) is 18.4. The van der Waals surface area contributed by atoms with Gasteiger partial charge >= 0.3 is 0 Å². The van der Waals surface area contributed by atoms with Crippen LogP contribution in [0.25, 0.3) is 0 Å². The quantitative estimate of drug-likeness (QED) is 0.840. The molecule has 0 bridgehead atoms. The van der Waals surface area contributed by atoms with Crippen molar-refractivity contribution in [3.05, 3.63) is 27.7 Å². The maximum Gasteiger partial charge on any atom is 0.0756 e. The number of benzene rings is 1. The zero-order valence-corrected chi connectivity index (χ0v) is 12.7. The number of hydrogen-bond donors (Lipinski definition) is 2. The van der Waals surface area contributed by atoms with E-state index in [4.69, 9.17) is 22.1 Å². The minimum absolute atomic E-state index is 0.175. The number of hydrogen-bond acceptors (Lipinski definition) is 3. The second kappa shape index (κ2) is 5.78. The van der Waals surface area contributed by atoms with E-state index in [0.29, 0.717) is 24.1 Å². The van der Waals surface area contributed by atoms with E-state index in [9.17, 15) is 0 Å². The summed E-state index contributed by atoms with van der Waals surface area (Å²) in [7, 11) is 1.71. The van der Waals surface area contributed by atoms with Crippen molar-refractivity contribution in [1.29, 1.82) is 0 Å². The van der Waals surface area contributed by atoms with E-state index in [-0.39, 0.29) is 5.54 Å². The van der Waals surface area contributed by atoms with E-state index in [0.717, 1.165) is 10.2 Å². The molecule has 5 heteroatoms. The molecule has 1 aromatic rings. The molecular formula is C13H18BrClN2O. The number of nitrogens with two attached hydrogens (primary N) is 1. The fourth-order valence-corrected chi connectivity index (χ4v) is 2.71. The van der Waals surface area contributed by atoms with Gasteiger partial charge in [0.1, 0.15) is 0 Å². The van der Waals surface area contributed by atoms with Gasteiger partial charge in [-0.15, -0.1) is 0 Å². The van der Waals surface area contributed by atoms with Gasteiger partial charge in [0.2, 0.25) is 0 Å². The largest absolute Gasteiger partial charge is 0.382 e. The molecule has 0 aliphatic heterocycles. The minimum Gasteiger partial charge on any atom is -0.382 e. The third-order valence-electron chi connectivity index (χ3n) is 3.44. The maximum absolute atomic E-state index is 6.11. The summed E-state index contributed by atoms with van der Waals surface area (Å²) >= 11 is 9.50. The van der Waals surface area contributed by atoms with Crippen LogP contribution in [0.2, 0.25) is 5.02 Å². The zero-order chi connectivity index (χ0) is 13.2. The highest BCUT2D eigenvalue weighted by Crippen LogP contribution is 2.41. The standard InChI is InChI=1S/C13H18BrClN2O/c1-18-8-13(7-16,9-2-3-9)17-10-4-5-11(14)12(15)6-10/h4-6,9,17H,2-3,7-8,16H2,1H3. The van der Waals surface area contributed by atoms with Crippen molar-refractivity contribution in [3.63, 3.8) is 0 Å². The lowest BCUT2D eigenvalue weighted by molar-refractivity contribution is 0.134. The first-order valence-electron chi connectivity index (χ1n) is 6.03. The Balaban J connectivity index is 2.19. The first-order valence-corrected chi connectivity index (χ1v) is 7.20. The molecule has 0 spiro atoms. The third kappa shape index (κ3) is 2.99. The van der Waals surface area contributed by atoms with Crippen molar-refractivity contribution in [2.45, 2.75) is 18.4 Å². The van der Waals surface area contributed by atoms with Gasteiger partial charge in [-0.05, 0) is 52.9 Å². The van der Waals surface area contributed by atoms with Crippen molar-refractivity contribution in [2.75, 3.05) is 25.6 Å². The first kappa shape index (κ1) is 14.1. The lowest BCUT2D eigenvalue weighted by Crippen LogP contribution is -2.51. The molecule has 1 aliphatic carbocycles. The molecule has 1 atom stereocenters. The summed E-state index contributed by atoms with van der Waals surface area (Å²) in [5, 5.41) is 4.21. The highest BCUT2D eigenvalue weighted by Gasteiger charge is 2.44. The average molecular weight is 334 g/mol. The van der Waals surface area contributed by atoms with Crippen LogP contribution in [0.15, 0.2) is 22.7 Å². The van der Waals surface area contributed by atoms with Gasteiger partial charge in [0.15, 0.2) is 0 Å². The number of rotatable bonds is 6. The number of methoxy groups -OCH3 is 1. The molecule has 0 saturated heterocycles. The second-order valence-corrected chi connectivity index (χ2v) is 6.08. The van der Waals surface area contributed by atoms with Gasteiger partial charge in [-0.3, -0.25) is 0 Å². The van der Waals surface area contributed by atoms with Gasteiger partial charge in [0, 0.05) is 23.8 Å². The van der Waals surface area contributed by atoms with Crippen LogP contribution in [-0.4, -0.2) is 25.8 Å². The summed E-state index contributed by atoms with van der Waals surface area (Å²) in [4.78, 5) is 0. The van der Waals surface area contributed by atoms with Gasteiger partial charge in [-0.1, -0.05) is 11.6 Å². The lowest BCUT2D eigenvalue weighted by Gasteiger charge is -2.34. The molecule has 1 aliphatic rings. The van der Waals surface area contributed by atoms with Gasteiger partial charge in [-0.2, -0.15) is 0 Å². The Labute approximate surface area is 121 Å². The summed E-state index contributed by atoms with van der Waals surface area (Å²) in [5.74, 6) is 0.588. The molecule has 0 aromatic heterocycles. The molecule has 1 unspecified atom stereocenters. The summed E-state index contributed by atoms with van der Waals surface area (Å²) in [6.07, 6.45) is 2.41. The first-order chi connectivity index (χ1) is 8.61. The molecule has 3 N–H and O–H groups in total. The van der Waals surface area contributed by atoms with Crippen LogP contribution < -0.4 is 11.1 Å². The van der Waals surface area contributed by atoms with E-state index in [2.05, 4.69) is 21.2 Å². The molecule has 0 amide bonds. The maximum atomic E-state index is 6.11. The van der Waals surface area contributed by atoms with Crippen LogP contribution in [0.1, 0.15) is 12.8 Å². The van der Waals surface area contributed by atoms with Crippen LogP contribution in [-0.2, 0) is 4.74 Å². The average Bonchev–Trinajstić information content (AvgIpc) is 3.17. The summed E-state index contributed by atoms with van der Waals surface area (Å²) in [6, 6.07) is 5.85. The Bertz CT molecular complexity index is 425. The van der Waals surface area contributed by atoms with Crippen molar-refractivity contribution < 1.29 is 4.74 Å². The molecule has 1 fully saturated rings. The number of anilines is 1. The van der Waals surface area contributed by atoms with E-state index < -0.39 is 0 Å². The highest BCUT2D eigenvalue weighted by molar-refractivity contribution is 9.10. The van der Waals surface area contributed by atoms with Crippen LogP contribution >= 0.6 is 27.5 Å². The number of halogens is 2. The third-order valence-corrected chi connectivity index (χ3v) is 4.67. The smallest absolute Gasteiger partial charge is 0.0756 e. The fraction of sp³-hybridized carbons (Fsp3) is 0.538. The Morgan fingerprint density at radius 2 is 2.28 bits per heavy atom. The number of nitrogens with one attached hydrogen (secondary N) is 1. The molecule has 0 heterocycles. The van der Waals surface area contributed by atoms with Crippen molar-refractivity contribution in [1.82, 2.24) is 0 Å². The molecule has 0 radical (unpaired) electrons. The minimum atomic E-state index is -0.175. The van der Waals surface area contributed by atoms with E-state index >= 15 is 0 Å². The van der Waals surface area contributed by atoms with Gasteiger partial charge in [0.05, 0.1) is 17.2 Å². The molecule has 18 heavy (non-hydrogen) atoms. The Morgan fingerprint density at radius 3 is 2.78 bits per heavy atom. The Hall–Kier alpha value is -0.290. The molecule has 1 aromatic carbocycles. The Morgan fingerprint density at radius 1 is 1.56 bits per heavy atom. The predicted octanol–water partition coefficient (Wildman–Crippen LogP) is 3.27. The highest BCUT2D eigenvalue weighted by atomic mass is 79.9. The van der Waals surface area contributed by atoms with Gasteiger partial charge < -0.3 is 15.8 Å². The van der Waals surface area contributed by atoms with E-state index in [1.165, 1.54) is 12.8 Å². The molecular weight excluding hydrogens is 316 g/mol. The van der Waals surface area contributed by atoms with Crippen LogP contribution in [0.4, 0.5) is 5.69 Å². The molecule has 1 saturated carbocycles. The van der Waals surface area contributed by atoms with Crippen LogP contribution in [0.5, 0.6) is 0 Å². The summed E-state index contributed by atoms with van der Waals surface area (Å²) in [6.45, 7) is 1.17. The summed E-state index contributed by atoms with van der Waals surface area (Å²) < 4.78 is 6.24. The van der Waals surface area contributed by atoms with E-state index in [1.54, 1.807) is 7.11 Å². The second-order valence-electron chi connectivity index (χ2n) is 4.82. The van der Waals surface area contributed by atoms with Crippen LogP contribution in [0, 0.1) is 5.92 Å². The monoisotopic (exact) mass is 332 g/mol. The fourth-order valence-electron chi connectivity index (χ4n) is 2.29. The van der Waals surface area contributed by atoms with Gasteiger partial charge in [-0.25, -0.2) is 0 Å². The number of ether oxygens (including phenoxy) is 1. The Kier molecular flexibility index (Phi) is 4.54. The van der Waals surface area contributed by atoms with Crippen molar-refractivity contribution >= 4 is 33.2 Å². The van der Waals surface area contributed by atoms with Crippen LogP contribution in [0.3, 0.4) is 0 Å². The topological polar surface area (TPSA) is 47.3 Å². The predicted molar refractivity (Wildman–Crippen MR) is 79.2 cm³/mol. The zero-order valence-electron chi connectivity index (χ0n) is 10.4. The van der Waals surface area contributed by atoms with Crippen molar-refractivity contribution in [3.8, 4) is 0 Å². The molecule has 100 valence electrons. The summed E-state index contributed by atoms with van der Waals surface area (Å²) in [5.41, 5.74) is 6.78. The van der Waals surface area contributed by atoms with Crippen molar-refractivity contribution in [2.24, 2.45) is 11.7 Å². The lowest BCUT2D eigenvalue weighted by atomic mass is 9.93.